The molecule has 18 heavy (non-hydrogen) atoms. The van der Waals surface area contributed by atoms with Gasteiger partial charge in [-0.25, -0.2) is 0 Å². The second kappa shape index (κ2) is 5.45. The fourth-order valence-corrected chi connectivity index (χ4v) is 1.96. The van der Waals surface area contributed by atoms with E-state index in [-0.39, 0.29) is 5.92 Å². The van der Waals surface area contributed by atoms with Crippen LogP contribution in [0.25, 0.3) is 0 Å². The molecular weight excluding hydrogens is 228 g/mol. The average molecular weight is 242 g/mol. The first-order chi connectivity index (χ1) is 8.74. The van der Waals surface area contributed by atoms with Gasteiger partial charge in [-0.05, 0) is 24.1 Å². The van der Waals surface area contributed by atoms with Crippen LogP contribution in [0.3, 0.4) is 0 Å². The van der Waals surface area contributed by atoms with E-state index >= 15 is 0 Å². The molecule has 0 spiro atoms. The van der Waals surface area contributed by atoms with Crippen LogP contribution in [0.4, 0.5) is 0 Å². The number of hydrogen-bond donors (Lipinski definition) is 0. The highest BCUT2D eigenvalue weighted by atomic mass is 16.3. The molecule has 1 heterocycles. The molecule has 0 saturated heterocycles. The summed E-state index contributed by atoms with van der Waals surface area (Å²) in [6.07, 6.45) is 2.26. The third-order valence-corrected chi connectivity index (χ3v) is 2.96. The van der Waals surface area contributed by atoms with Crippen LogP contribution in [0.2, 0.25) is 0 Å². The largest absolute Gasteiger partial charge is 0.458 e. The van der Waals surface area contributed by atoms with Crippen molar-refractivity contribution in [3.63, 3.8) is 0 Å². The maximum absolute atomic E-state index is 10.9. The van der Waals surface area contributed by atoms with E-state index in [9.17, 15) is 9.59 Å². The molecule has 1 atom stereocenters. The summed E-state index contributed by atoms with van der Waals surface area (Å²) in [5, 5.41) is 0. The average Bonchev–Trinajstić information content (AvgIpc) is 2.88. The smallest absolute Gasteiger partial charge is 0.185 e. The van der Waals surface area contributed by atoms with Crippen LogP contribution in [0.15, 0.2) is 40.8 Å². The van der Waals surface area contributed by atoms with Crippen LogP contribution in [-0.2, 0) is 6.42 Å². The number of hydrogen-bond acceptors (Lipinski definition) is 3. The number of carbonyl (C=O) groups is 2. The van der Waals surface area contributed by atoms with Crippen LogP contribution in [0, 0.1) is 0 Å². The lowest BCUT2D eigenvalue weighted by Gasteiger charge is -2.10. The number of benzene rings is 1. The van der Waals surface area contributed by atoms with E-state index in [1.165, 1.54) is 0 Å². The molecule has 0 amide bonds. The van der Waals surface area contributed by atoms with Gasteiger partial charge in [-0.2, -0.15) is 0 Å². The number of aldehydes is 2. The Morgan fingerprint density at radius 2 is 1.89 bits per heavy atom. The molecule has 1 aromatic carbocycles. The molecule has 0 radical (unpaired) electrons. The highest BCUT2D eigenvalue weighted by Crippen LogP contribution is 2.23. The molecule has 0 fully saturated rings. The van der Waals surface area contributed by atoms with Crippen LogP contribution >= 0.6 is 0 Å². The number of rotatable bonds is 5. The minimum Gasteiger partial charge on any atom is -0.458 e. The predicted molar refractivity (Wildman–Crippen MR) is 68.0 cm³/mol. The second-order valence-corrected chi connectivity index (χ2v) is 4.28. The summed E-state index contributed by atoms with van der Waals surface area (Å²) in [6.45, 7) is 2.01. The normalized spacial score (nSPS) is 12.1. The molecule has 3 nitrogen and oxygen atoms in total. The fourth-order valence-electron chi connectivity index (χ4n) is 1.96. The molecule has 0 aliphatic rings. The highest BCUT2D eigenvalue weighted by Gasteiger charge is 2.13. The first kappa shape index (κ1) is 12.3. The molecule has 0 aliphatic heterocycles. The van der Waals surface area contributed by atoms with Crippen molar-refractivity contribution >= 4 is 12.6 Å². The lowest BCUT2D eigenvalue weighted by Crippen LogP contribution is -2.00. The van der Waals surface area contributed by atoms with Gasteiger partial charge in [-0.15, -0.1) is 0 Å². The maximum Gasteiger partial charge on any atom is 0.185 e. The lowest BCUT2D eigenvalue weighted by atomic mass is 9.96. The van der Waals surface area contributed by atoms with Crippen molar-refractivity contribution in [3.8, 4) is 0 Å². The minimum absolute atomic E-state index is 0.125. The molecule has 1 aromatic heterocycles. The Labute approximate surface area is 105 Å². The standard InChI is InChI=1S/C15H14O3/c1-11(15-7-6-14(10-17)18-15)8-12-4-2-3-5-13(12)9-16/h2-7,9-11H,8H2,1H3/t11-/m0/s1. The van der Waals surface area contributed by atoms with Crippen molar-refractivity contribution in [1.29, 1.82) is 0 Å². The van der Waals surface area contributed by atoms with E-state index in [4.69, 9.17) is 4.42 Å². The van der Waals surface area contributed by atoms with E-state index in [1.807, 2.05) is 25.1 Å². The van der Waals surface area contributed by atoms with Gasteiger partial charge in [0.2, 0.25) is 0 Å². The van der Waals surface area contributed by atoms with Crippen molar-refractivity contribution in [2.45, 2.75) is 19.3 Å². The monoisotopic (exact) mass is 242 g/mol. The zero-order valence-electron chi connectivity index (χ0n) is 10.1. The summed E-state index contributed by atoms with van der Waals surface area (Å²) in [4.78, 5) is 21.5. The third kappa shape index (κ3) is 2.56. The number of carbonyl (C=O) groups excluding carboxylic acids is 2. The Hall–Kier alpha value is -2.16. The van der Waals surface area contributed by atoms with E-state index in [0.29, 0.717) is 24.0 Å². The molecule has 2 rings (SSSR count). The molecule has 3 heteroatoms. The quantitative estimate of drug-likeness (QED) is 0.756. The topological polar surface area (TPSA) is 47.3 Å². The van der Waals surface area contributed by atoms with Crippen molar-refractivity contribution in [2.75, 3.05) is 0 Å². The molecule has 0 saturated carbocycles. The van der Waals surface area contributed by atoms with Crippen molar-refractivity contribution < 1.29 is 14.0 Å². The minimum atomic E-state index is 0.125. The fraction of sp³-hybridized carbons (Fsp3) is 0.200. The van der Waals surface area contributed by atoms with E-state index < -0.39 is 0 Å². The predicted octanol–water partition coefficient (Wildman–Crippen LogP) is 3.25. The van der Waals surface area contributed by atoms with Crippen LogP contribution in [-0.4, -0.2) is 12.6 Å². The van der Waals surface area contributed by atoms with Gasteiger partial charge in [0.15, 0.2) is 12.0 Å². The van der Waals surface area contributed by atoms with Crippen molar-refractivity contribution in [3.05, 3.63) is 59.0 Å². The van der Waals surface area contributed by atoms with Gasteiger partial charge in [0.25, 0.3) is 0 Å². The third-order valence-electron chi connectivity index (χ3n) is 2.96. The zero-order chi connectivity index (χ0) is 13.0. The van der Waals surface area contributed by atoms with Crippen LogP contribution < -0.4 is 0 Å². The first-order valence-electron chi connectivity index (χ1n) is 5.82. The molecule has 92 valence electrons. The van der Waals surface area contributed by atoms with Gasteiger partial charge in [0.1, 0.15) is 12.0 Å². The van der Waals surface area contributed by atoms with Crippen LogP contribution in [0.1, 0.15) is 45.1 Å². The molecule has 0 unspecified atom stereocenters. The molecular formula is C15H14O3. The highest BCUT2D eigenvalue weighted by molar-refractivity contribution is 5.77. The lowest BCUT2D eigenvalue weighted by molar-refractivity contribution is 0.109. The summed E-state index contributed by atoms with van der Waals surface area (Å²) in [5.74, 6) is 1.22. The summed E-state index contributed by atoms with van der Waals surface area (Å²) >= 11 is 0. The Bertz CT molecular complexity index is 554. The Balaban J connectivity index is 2.17. The van der Waals surface area contributed by atoms with Gasteiger partial charge >= 0.3 is 0 Å². The van der Waals surface area contributed by atoms with Gasteiger partial charge in [-0.3, -0.25) is 9.59 Å². The molecule has 0 bridgehead atoms. The number of furan rings is 1. The summed E-state index contributed by atoms with van der Waals surface area (Å²) in [5.41, 5.74) is 1.69. The Morgan fingerprint density at radius 3 is 2.56 bits per heavy atom. The van der Waals surface area contributed by atoms with Crippen molar-refractivity contribution in [1.82, 2.24) is 0 Å². The van der Waals surface area contributed by atoms with Gasteiger partial charge < -0.3 is 4.42 Å². The maximum atomic E-state index is 10.9. The van der Waals surface area contributed by atoms with Gasteiger partial charge in [0.05, 0.1) is 0 Å². The van der Waals surface area contributed by atoms with E-state index in [0.717, 1.165) is 17.6 Å². The summed E-state index contributed by atoms with van der Waals surface area (Å²) in [7, 11) is 0. The van der Waals surface area contributed by atoms with Gasteiger partial charge in [0, 0.05) is 11.5 Å². The zero-order valence-corrected chi connectivity index (χ0v) is 10.1. The molecule has 2 aromatic rings. The summed E-state index contributed by atoms with van der Waals surface area (Å²) in [6, 6.07) is 10.9. The van der Waals surface area contributed by atoms with Gasteiger partial charge in [-0.1, -0.05) is 31.2 Å². The SMILES string of the molecule is C[C@@H](Cc1ccccc1C=O)c1ccc(C=O)o1. The van der Waals surface area contributed by atoms with Crippen molar-refractivity contribution in [2.24, 2.45) is 0 Å². The van der Waals surface area contributed by atoms with Crippen LogP contribution in [0.5, 0.6) is 0 Å². The van der Waals surface area contributed by atoms with E-state index in [1.54, 1.807) is 18.2 Å². The molecule has 0 N–H and O–H groups in total. The second-order valence-electron chi connectivity index (χ2n) is 4.28. The first-order valence-corrected chi connectivity index (χ1v) is 5.82. The Morgan fingerprint density at radius 1 is 1.11 bits per heavy atom. The van der Waals surface area contributed by atoms with E-state index in [2.05, 4.69) is 0 Å². The summed E-state index contributed by atoms with van der Waals surface area (Å²) < 4.78 is 5.38. The molecule has 0 aliphatic carbocycles. The Kier molecular flexibility index (Phi) is 3.72.